The van der Waals surface area contributed by atoms with Crippen LogP contribution in [0.1, 0.15) is 23.4 Å². The van der Waals surface area contributed by atoms with Crippen LogP contribution in [0.25, 0.3) is 11.0 Å². The average Bonchev–Trinajstić information content (AvgIpc) is 3.17. The number of aryl methyl sites for hydroxylation is 1. The molecule has 6 nitrogen and oxygen atoms in total. The van der Waals surface area contributed by atoms with Crippen LogP contribution in [0.2, 0.25) is 5.02 Å². The Morgan fingerprint density at radius 2 is 2.15 bits per heavy atom. The smallest absolute Gasteiger partial charge is 0.378 e. The first-order valence-electron chi connectivity index (χ1n) is 8.41. The predicted molar refractivity (Wildman–Crippen MR) is 91.9 cm³/mol. The molecule has 2 aliphatic heterocycles. The molecule has 0 bridgehead atoms. The summed E-state index contributed by atoms with van der Waals surface area (Å²) in [5, 5.41) is 9.69. The fourth-order valence-corrected chi connectivity index (χ4v) is 3.94. The highest BCUT2D eigenvalue weighted by atomic mass is 35.5. The third-order valence-electron chi connectivity index (χ3n) is 5.03. The molecule has 4 heterocycles. The van der Waals surface area contributed by atoms with Crippen molar-refractivity contribution < 1.29 is 22.6 Å². The number of morpholine rings is 1. The number of fused-ring (bicyclic) bond motifs is 1. The van der Waals surface area contributed by atoms with Gasteiger partial charge in [0.2, 0.25) is 0 Å². The Morgan fingerprint density at radius 1 is 1.37 bits per heavy atom. The second kappa shape index (κ2) is 6.26. The number of halogens is 4. The van der Waals surface area contributed by atoms with Gasteiger partial charge in [-0.3, -0.25) is 0 Å². The zero-order chi connectivity index (χ0) is 19.4. The number of alkyl halides is 3. The van der Waals surface area contributed by atoms with Crippen LogP contribution >= 0.6 is 11.6 Å². The quantitative estimate of drug-likeness (QED) is 0.794. The van der Waals surface area contributed by atoms with Gasteiger partial charge in [0.1, 0.15) is 22.8 Å². The number of hydrogen-bond acceptors (Lipinski definition) is 5. The number of rotatable bonds is 1. The second-order valence-electron chi connectivity index (χ2n) is 6.84. The Hall–Kier alpha value is -2.02. The van der Waals surface area contributed by atoms with E-state index in [2.05, 4.69) is 9.97 Å². The van der Waals surface area contributed by atoms with E-state index in [1.807, 2.05) is 0 Å². The molecule has 1 atom stereocenters. The van der Waals surface area contributed by atoms with Gasteiger partial charge >= 0.3 is 6.18 Å². The molecule has 1 spiro atoms. The standard InChI is InChI=1S/C17H16ClF3N4O2/c1-9-11(18)12-13(23-9)14(10(6-22)15(24-12)17(19,20)21)25-3-5-27-16(7-25)2-4-26-8-16/h23H,2-5,7-8H2,1H3. The van der Waals surface area contributed by atoms with Crippen LogP contribution in [0.3, 0.4) is 0 Å². The van der Waals surface area contributed by atoms with Crippen molar-refractivity contribution in [3.8, 4) is 6.07 Å². The van der Waals surface area contributed by atoms with E-state index in [1.165, 1.54) is 0 Å². The largest absolute Gasteiger partial charge is 0.434 e. The number of nitriles is 1. The average molecular weight is 401 g/mol. The van der Waals surface area contributed by atoms with E-state index in [0.29, 0.717) is 50.5 Å². The second-order valence-corrected chi connectivity index (χ2v) is 7.21. The van der Waals surface area contributed by atoms with Crippen LogP contribution < -0.4 is 4.90 Å². The van der Waals surface area contributed by atoms with E-state index in [-0.39, 0.29) is 16.2 Å². The van der Waals surface area contributed by atoms with E-state index < -0.39 is 23.0 Å². The third-order valence-corrected chi connectivity index (χ3v) is 5.50. The van der Waals surface area contributed by atoms with E-state index >= 15 is 0 Å². The molecule has 2 aliphatic rings. The lowest BCUT2D eigenvalue weighted by molar-refractivity contribution is -0.141. The zero-order valence-electron chi connectivity index (χ0n) is 14.4. The fourth-order valence-electron chi connectivity index (χ4n) is 3.76. The van der Waals surface area contributed by atoms with Crippen molar-refractivity contribution in [1.29, 1.82) is 5.26 Å². The minimum atomic E-state index is -4.77. The van der Waals surface area contributed by atoms with E-state index in [9.17, 15) is 18.4 Å². The molecule has 2 aromatic heterocycles. The Kier molecular flexibility index (Phi) is 4.25. The lowest BCUT2D eigenvalue weighted by Crippen LogP contribution is -2.52. The van der Waals surface area contributed by atoms with Gasteiger partial charge in [0, 0.05) is 31.8 Å². The molecule has 2 aromatic rings. The number of aromatic nitrogens is 2. The fraction of sp³-hybridized carbons (Fsp3) is 0.529. The van der Waals surface area contributed by atoms with Crippen LogP contribution in [0.15, 0.2) is 0 Å². The van der Waals surface area contributed by atoms with Crippen molar-refractivity contribution in [3.05, 3.63) is 22.0 Å². The summed E-state index contributed by atoms with van der Waals surface area (Å²) >= 11 is 6.18. The summed E-state index contributed by atoms with van der Waals surface area (Å²) in [5.41, 5.74) is -1.31. The number of nitrogens with zero attached hydrogens (tertiary/aromatic N) is 3. The van der Waals surface area contributed by atoms with E-state index in [0.717, 1.165) is 0 Å². The zero-order valence-corrected chi connectivity index (χ0v) is 15.2. The van der Waals surface area contributed by atoms with Crippen molar-refractivity contribution in [2.24, 2.45) is 0 Å². The van der Waals surface area contributed by atoms with Crippen LogP contribution in [0, 0.1) is 18.3 Å². The normalized spacial score (nSPS) is 23.3. The summed E-state index contributed by atoms with van der Waals surface area (Å²) in [7, 11) is 0. The van der Waals surface area contributed by atoms with Crippen LogP contribution in [0.5, 0.6) is 0 Å². The van der Waals surface area contributed by atoms with Gasteiger partial charge < -0.3 is 19.4 Å². The first kappa shape index (κ1) is 18.3. The molecule has 0 aliphatic carbocycles. The highest BCUT2D eigenvalue weighted by Gasteiger charge is 2.44. The third kappa shape index (κ3) is 2.92. The predicted octanol–water partition coefficient (Wildman–Crippen LogP) is 3.41. The minimum Gasteiger partial charge on any atom is -0.378 e. The molecule has 2 saturated heterocycles. The summed E-state index contributed by atoms with van der Waals surface area (Å²) in [6.07, 6.45) is -4.13. The lowest BCUT2D eigenvalue weighted by Gasteiger charge is -2.41. The molecule has 2 fully saturated rings. The maximum Gasteiger partial charge on any atom is 0.434 e. The van der Waals surface area contributed by atoms with Gasteiger partial charge in [0.05, 0.1) is 29.4 Å². The van der Waals surface area contributed by atoms with Crippen molar-refractivity contribution >= 4 is 28.3 Å². The summed E-state index contributed by atoms with van der Waals surface area (Å²) in [4.78, 5) is 8.44. The van der Waals surface area contributed by atoms with E-state index in [4.69, 9.17) is 21.1 Å². The molecule has 0 saturated carbocycles. The number of ether oxygens (including phenoxy) is 2. The Balaban J connectivity index is 1.95. The molecule has 1 unspecified atom stereocenters. The summed E-state index contributed by atoms with van der Waals surface area (Å²) < 4.78 is 52.1. The highest BCUT2D eigenvalue weighted by Crippen LogP contribution is 2.42. The molecule has 10 heteroatoms. The topological polar surface area (TPSA) is 74.2 Å². The van der Waals surface area contributed by atoms with Gasteiger partial charge in [0.25, 0.3) is 0 Å². The van der Waals surface area contributed by atoms with Gasteiger partial charge in [-0.1, -0.05) is 11.6 Å². The molecule has 0 aromatic carbocycles. The van der Waals surface area contributed by atoms with Gasteiger partial charge in [-0.15, -0.1) is 0 Å². The molecule has 0 amide bonds. The molecule has 0 radical (unpaired) electrons. The van der Waals surface area contributed by atoms with Gasteiger partial charge in [0.15, 0.2) is 5.69 Å². The summed E-state index contributed by atoms with van der Waals surface area (Å²) in [6.45, 7) is 3.56. The maximum atomic E-state index is 13.6. The number of nitrogens with one attached hydrogen (secondary N) is 1. The Labute approximate surface area is 157 Å². The molecule has 144 valence electrons. The Morgan fingerprint density at radius 3 is 2.78 bits per heavy atom. The summed E-state index contributed by atoms with van der Waals surface area (Å²) in [5.74, 6) is 0. The minimum absolute atomic E-state index is 0.0127. The van der Waals surface area contributed by atoms with Gasteiger partial charge in [-0.25, -0.2) is 4.98 Å². The Bertz CT molecular complexity index is 945. The van der Waals surface area contributed by atoms with E-state index in [1.54, 1.807) is 17.9 Å². The number of hydrogen-bond donors (Lipinski definition) is 1. The van der Waals surface area contributed by atoms with Crippen molar-refractivity contribution in [3.63, 3.8) is 0 Å². The number of anilines is 1. The molecule has 27 heavy (non-hydrogen) atoms. The number of aromatic amines is 1. The molecular weight excluding hydrogens is 385 g/mol. The number of H-pyrrole nitrogens is 1. The molecule has 1 N–H and O–H groups in total. The lowest BCUT2D eigenvalue weighted by atomic mass is 9.99. The number of pyridine rings is 1. The van der Waals surface area contributed by atoms with Crippen molar-refractivity contribution in [1.82, 2.24) is 9.97 Å². The van der Waals surface area contributed by atoms with Crippen LogP contribution in [-0.4, -0.2) is 48.5 Å². The SMILES string of the molecule is Cc1[nH]c2c(N3CCOC4(CCOC4)C3)c(C#N)c(C(F)(F)F)nc2c1Cl. The van der Waals surface area contributed by atoms with Crippen LogP contribution in [-0.2, 0) is 15.7 Å². The van der Waals surface area contributed by atoms with Gasteiger partial charge in [-0.2, -0.15) is 18.4 Å². The monoisotopic (exact) mass is 400 g/mol. The van der Waals surface area contributed by atoms with Crippen molar-refractivity contribution in [2.75, 3.05) is 37.8 Å². The first-order valence-corrected chi connectivity index (χ1v) is 8.79. The van der Waals surface area contributed by atoms with Crippen LogP contribution in [0.4, 0.5) is 18.9 Å². The highest BCUT2D eigenvalue weighted by molar-refractivity contribution is 6.36. The first-order chi connectivity index (χ1) is 12.8. The van der Waals surface area contributed by atoms with Crippen molar-refractivity contribution in [2.45, 2.75) is 25.1 Å². The molecular formula is C17H16ClF3N4O2. The van der Waals surface area contributed by atoms with Gasteiger partial charge in [-0.05, 0) is 6.92 Å². The summed E-state index contributed by atoms with van der Waals surface area (Å²) in [6, 6.07) is 1.71. The maximum absolute atomic E-state index is 13.6. The molecule has 4 rings (SSSR count).